The van der Waals surface area contributed by atoms with Crippen molar-refractivity contribution in [3.8, 4) is 0 Å². The van der Waals surface area contributed by atoms with E-state index in [1.165, 1.54) is 0 Å². The van der Waals surface area contributed by atoms with Gasteiger partial charge in [-0.25, -0.2) is 0 Å². The van der Waals surface area contributed by atoms with E-state index in [2.05, 4.69) is 0 Å². The molecule has 2 aromatic carbocycles. The summed E-state index contributed by atoms with van der Waals surface area (Å²) in [7, 11) is 0. The van der Waals surface area contributed by atoms with Crippen LogP contribution >= 0.6 is 23.2 Å². The number of rotatable bonds is 14. The number of ether oxygens (including phenoxy) is 1. The van der Waals surface area contributed by atoms with Gasteiger partial charge in [-0.1, -0.05) is 61.3 Å². The van der Waals surface area contributed by atoms with E-state index >= 15 is 0 Å². The molecule has 0 aliphatic heterocycles. The maximum absolute atomic E-state index is 13.4. The molecule has 0 fully saturated rings. The maximum Gasteiger partial charge on any atom is 0.303 e. The highest BCUT2D eigenvalue weighted by atomic mass is 35.5. The lowest BCUT2D eigenvalue weighted by molar-refractivity contribution is -0.139. The third kappa shape index (κ3) is 8.30. The molecule has 0 saturated heterocycles. The molecule has 2 rings (SSSR count). The van der Waals surface area contributed by atoms with Crippen LogP contribution in [0.2, 0.25) is 10.0 Å². The van der Waals surface area contributed by atoms with Crippen molar-refractivity contribution >= 4 is 35.1 Å². The van der Waals surface area contributed by atoms with Crippen molar-refractivity contribution < 1.29 is 19.4 Å². The van der Waals surface area contributed by atoms with Crippen LogP contribution in [-0.2, 0) is 14.3 Å². The van der Waals surface area contributed by atoms with Crippen molar-refractivity contribution in [3.05, 3.63) is 69.7 Å². The molecule has 1 amide bonds. The zero-order chi connectivity index (χ0) is 25.1. The number of hydrogen-bond donors (Lipinski definition) is 1. The topological polar surface area (TPSA) is 66.8 Å². The number of amides is 1. The number of carbonyl (C=O) groups is 2. The van der Waals surface area contributed by atoms with E-state index in [-0.39, 0.29) is 30.3 Å². The first kappa shape index (κ1) is 28.2. The summed E-state index contributed by atoms with van der Waals surface area (Å²) in [4.78, 5) is 26.6. The number of hydrogen-bond acceptors (Lipinski definition) is 3. The third-order valence-electron chi connectivity index (χ3n) is 5.85. The van der Waals surface area contributed by atoms with Crippen molar-refractivity contribution in [3.63, 3.8) is 0 Å². The Hall–Kier alpha value is -2.08. The van der Waals surface area contributed by atoms with Gasteiger partial charge in [-0.2, -0.15) is 0 Å². The molecule has 0 spiro atoms. The first-order valence-corrected chi connectivity index (χ1v) is 12.7. The smallest absolute Gasteiger partial charge is 0.303 e. The summed E-state index contributed by atoms with van der Waals surface area (Å²) in [5, 5.41) is 10.5. The van der Waals surface area contributed by atoms with Gasteiger partial charge in [0.1, 0.15) is 0 Å². The van der Waals surface area contributed by atoms with Crippen molar-refractivity contribution in [2.75, 3.05) is 13.2 Å². The van der Waals surface area contributed by atoms with Gasteiger partial charge < -0.3 is 14.7 Å². The second-order valence-electron chi connectivity index (χ2n) is 8.52. The number of carbonyl (C=O) groups excluding carboxylic acids is 1. The van der Waals surface area contributed by atoms with Gasteiger partial charge in [-0.3, -0.25) is 9.59 Å². The van der Waals surface area contributed by atoms with Gasteiger partial charge in [0.2, 0.25) is 5.91 Å². The van der Waals surface area contributed by atoms with Gasteiger partial charge in [0.05, 0.1) is 18.7 Å². The van der Waals surface area contributed by atoms with Crippen molar-refractivity contribution in [2.45, 2.75) is 70.9 Å². The SMILES string of the molecule is CCCOCC(C)N(C(=O)CC)C(c1ccc(Cl)cc1)C(CCCC(=O)O)c1cccc(Cl)c1. The van der Waals surface area contributed by atoms with E-state index in [9.17, 15) is 14.7 Å². The standard InChI is InChI=1S/C27H35Cl2NO4/c1-4-16-34-18-19(3)30(25(31)5-2)27(20-12-14-22(28)15-13-20)24(10-7-11-26(32)33)21-8-6-9-23(29)17-21/h6,8-9,12-15,17,19,24,27H,4-5,7,10-11,16,18H2,1-3H3,(H,32,33). The summed E-state index contributed by atoms with van der Waals surface area (Å²) in [6, 6.07) is 14.6. The average Bonchev–Trinajstić information content (AvgIpc) is 2.81. The van der Waals surface area contributed by atoms with Gasteiger partial charge in [-0.05, 0) is 61.6 Å². The van der Waals surface area contributed by atoms with Gasteiger partial charge in [0, 0.05) is 35.4 Å². The number of aliphatic carboxylic acids is 1. The highest BCUT2D eigenvalue weighted by Gasteiger charge is 2.35. The molecule has 2 aromatic rings. The largest absolute Gasteiger partial charge is 0.481 e. The minimum Gasteiger partial charge on any atom is -0.481 e. The maximum atomic E-state index is 13.4. The second-order valence-corrected chi connectivity index (χ2v) is 9.40. The summed E-state index contributed by atoms with van der Waals surface area (Å²) in [5.41, 5.74) is 1.90. The lowest BCUT2D eigenvalue weighted by Crippen LogP contribution is -2.45. The van der Waals surface area contributed by atoms with E-state index in [0.717, 1.165) is 17.5 Å². The average molecular weight is 508 g/mol. The number of benzene rings is 2. The Morgan fingerprint density at radius 2 is 1.74 bits per heavy atom. The Morgan fingerprint density at radius 3 is 2.32 bits per heavy atom. The van der Waals surface area contributed by atoms with E-state index in [4.69, 9.17) is 27.9 Å². The fourth-order valence-corrected chi connectivity index (χ4v) is 4.62. The summed E-state index contributed by atoms with van der Waals surface area (Å²) in [5.74, 6) is -0.989. The van der Waals surface area contributed by atoms with Gasteiger partial charge in [0.25, 0.3) is 0 Å². The molecule has 1 N–H and O–H groups in total. The molecule has 0 aliphatic rings. The summed E-state index contributed by atoms with van der Waals surface area (Å²) in [6.45, 7) is 6.94. The van der Waals surface area contributed by atoms with Crippen LogP contribution in [0.3, 0.4) is 0 Å². The summed E-state index contributed by atoms with van der Waals surface area (Å²) < 4.78 is 5.83. The lowest BCUT2D eigenvalue weighted by atomic mass is 9.81. The molecule has 0 aliphatic carbocycles. The molecule has 3 atom stereocenters. The zero-order valence-electron chi connectivity index (χ0n) is 20.2. The molecular weight excluding hydrogens is 473 g/mol. The molecule has 7 heteroatoms. The first-order chi connectivity index (χ1) is 16.3. The Balaban J connectivity index is 2.61. The molecule has 0 saturated carbocycles. The van der Waals surface area contributed by atoms with Gasteiger partial charge in [0.15, 0.2) is 0 Å². The third-order valence-corrected chi connectivity index (χ3v) is 6.33. The Labute approximate surface area is 213 Å². The second kappa shape index (κ2) is 14.3. The monoisotopic (exact) mass is 507 g/mol. The van der Waals surface area contributed by atoms with E-state index in [0.29, 0.717) is 42.5 Å². The molecule has 186 valence electrons. The van der Waals surface area contributed by atoms with Crippen LogP contribution in [0.5, 0.6) is 0 Å². The number of carboxylic acids is 1. The van der Waals surface area contributed by atoms with Crippen LogP contribution in [0.1, 0.15) is 76.0 Å². The Morgan fingerprint density at radius 1 is 1.03 bits per heavy atom. The van der Waals surface area contributed by atoms with Crippen LogP contribution in [0.25, 0.3) is 0 Å². The normalized spacial score (nSPS) is 13.8. The molecule has 5 nitrogen and oxygen atoms in total. The fourth-order valence-electron chi connectivity index (χ4n) is 4.30. The molecule has 0 radical (unpaired) electrons. The summed E-state index contributed by atoms with van der Waals surface area (Å²) in [6.07, 6.45) is 2.36. The lowest BCUT2D eigenvalue weighted by Gasteiger charge is -2.41. The van der Waals surface area contributed by atoms with E-state index in [1.54, 1.807) is 0 Å². The highest BCUT2D eigenvalue weighted by molar-refractivity contribution is 6.30. The van der Waals surface area contributed by atoms with Crippen LogP contribution in [0.15, 0.2) is 48.5 Å². The van der Waals surface area contributed by atoms with E-state index in [1.807, 2.05) is 74.2 Å². The van der Waals surface area contributed by atoms with Crippen LogP contribution < -0.4 is 0 Å². The van der Waals surface area contributed by atoms with Crippen molar-refractivity contribution in [1.82, 2.24) is 4.90 Å². The molecule has 34 heavy (non-hydrogen) atoms. The minimum atomic E-state index is -0.837. The molecule has 0 heterocycles. The highest BCUT2D eigenvalue weighted by Crippen LogP contribution is 2.42. The molecular formula is C27H35Cl2NO4. The van der Waals surface area contributed by atoms with Crippen molar-refractivity contribution in [1.29, 1.82) is 0 Å². The Bertz CT molecular complexity index is 919. The number of nitrogens with zero attached hydrogens (tertiary/aromatic N) is 1. The molecule has 3 unspecified atom stereocenters. The van der Waals surface area contributed by atoms with Crippen LogP contribution in [0.4, 0.5) is 0 Å². The van der Waals surface area contributed by atoms with Crippen LogP contribution in [-0.4, -0.2) is 41.1 Å². The number of halogens is 2. The minimum absolute atomic E-state index is 0.0119. The summed E-state index contributed by atoms with van der Waals surface area (Å²) >= 11 is 12.5. The number of carboxylic acid groups (broad SMARTS) is 1. The predicted molar refractivity (Wildman–Crippen MR) is 138 cm³/mol. The Kier molecular flexibility index (Phi) is 11.9. The fraction of sp³-hybridized carbons (Fsp3) is 0.481. The van der Waals surface area contributed by atoms with Crippen molar-refractivity contribution in [2.24, 2.45) is 0 Å². The zero-order valence-corrected chi connectivity index (χ0v) is 21.7. The first-order valence-electron chi connectivity index (χ1n) is 11.9. The van der Waals surface area contributed by atoms with Gasteiger partial charge in [-0.15, -0.1) is 0 Å². The molecule has 0 aromatic heterocycles. The van der Waals surface area contributed by atoms with Crippen LogP contribution in [0, 0.1) is 0 Å². The quantitative estimate of drug-likeness (QED) is 0.276. The molecule has 0 bridgehead atoms. The predicted octanol–water partition coefficient (Wildman–Crippen LogP) is 7.13. The van der Waals surface area contributed by atoms with E-state index < -0.39 is 5.97 Å². The van der Waals surface area contributed by atoms with Gasteiger partial charge >= 0.3 is 5.97 Å².